The highest BCUT2D eigenvalue weighted by Crippen LogP contribution is 2.34. The second-order valence-electron chi connectivity index (χ2n) is 3.57. The number of hydrogen-bond donors (Lipinski definition) is 2. The number of anilines is 2. The van der Waals surface area contributed by atoms with Crippen molar-refractivity contribution in [3.63, 3.8) is 0 Å². The topological polar surface area (TPSA) is 61.3 Å². The Bertz CT molecular complexity index is 511. The van der Waals surface area contributed by atoms with E-state index in [9.17, 15) is 0 Å². The molecule has 0 bridgehead atoms. The van der Waals surface area contributed by atoms with Gasteiger partial charge in [0, 0.05) is 27.2 Å². The minimum atomic E-state index is 0.714. The lowest BCUT2D eigenvalue weighted by molar-refractivity contribution is 0.415. The van der Waals surface area contributed by atoms with Crippen molar-refractivity contribution in [2.75, 3.05) is 18.6 Å². The molecule has 0 aliphatic rings. The van der Waals surface area contributed by atoms with Crippen LogP contribution < -0.4 is 16.2 Å². The Morgan fingerprint density at radius 1 is 1.00 bits per heavy atom. The highest BCUT2D eigenvalue weighted by atomic mass is 32.2. The van der Waals surface area contributed by atoms with Gasteiger partial charge in [-0.25, -0.2) is 0 Å². The molecule has 88 valence electrons. The Morgan fingerprint density at radius 2 is 1.71 bits per heavy atom. The summed E-state index contributed by atoms with van der Waals surface area (Å²) in [5.41, 5.74) is 13.1. The molecule has 0 saturated carbocycles. The Hall–Kier alpha value is -1.81. The normalized spacial score (nSPS) is 10.2. The van der Waals surface area contributed by atoms with Crippen molar-refractivity contribution in [2.45, 2.75) is 9.79 Å². The average Bonchev–Trinajstić information content (AvgIpc) is 2.34. The van der Waals surface area contributed by atoms with Crippen LogP contribution in [0.3, 0.4) is 0 Å². The summed E-state index contributed by atoms with van der Waals surface area (Å²) >= 11 is 1.61. The maximum absolute atomic E-state index is 5.95. The van der Waals surface area contributed by atoms with Gasteiger partial charge in [-0.3, -0.25) is 0 Å². The number of rotatable bonds is 3. The molecule has 0 heterocycles. The average molecular weight is 246 g/mol. The Morgan fingerprint density at radius 3 is 2.29 bits per heavy atom. The van der Waals surface area contributed by atoms with Crippen LogP contribution in [0.5, 0.6) is 5.75 Å². The van der Waals surface area contributed by atoms with E-state index in [2.05, 4.69) is 0 Å². The number of benzene rings is 2. The van der Waals surface area contributed by atoms with Crippen LogP contribution in [0.1, 0.15) is 0 Å². The maximum Gasteiger partial charge on any atom is 0.120 e. The van der Waals surface area contributed by atoms with Gasteiger partial charge in [-0.15, -0.1) is 0 Å². The van der Waals surface area contributed by atoms with Crippen molar-refractivity contribution < 1.29 is 4.74 Å². The molecule has 2 aromatic carbocycles. The van der Waals surface area contributed by atoms with Crippen molar-refractivity contribution in [1.29, 1.82) is 0 Å². The molecule has 3 nitrogen and oxygen atoms in total. The third kappa shape index (κ3) is 2.85. The first kappa shape index (κ1) is 11.7. The van der Waals surface area contributed by atoms with Crippen LogP contribution in [-0.4, -0.2) is 7.11 Å². The van der Waals surface area contributed by atoms with Crippen molar-refractivity contribution in [3.05, 3.63) is 42.5 Å². The lowest BCUT2D eigenvalue weighted by atomic mass is 10.3. The van der Waals surface area contributed by atoms with Gasteiger partial charge in [-0.1, -0.05) is 11.8 Å². The fourth-order valence-corrected chi connectivity index (χ4v) is 2.25. The smallest absolute Gasteiger partial charge is 0.120 e. The van der Waals surface area contributed by atoms with Crippen LogP contribution >= 0.6 is 11.8 Å². The summed E-state index contributed by atoms with van der Waals surface area (Å²) in [7, 11) is 1.63. The number of methoxy groups -OCH3 is 1. The Kier molecular flexibility index (Phi) is 3.44. The van der Waals surface area contributed by atoms with E-state index in [1.165, 1.54) is 0 Å². The fourth-order valence-electron chi connectivity index (χ4n) is 1.41. The van der Waals surface area contributed by atoms with Crippen molar-refractivity contribution >= 4 is 23.1 Å². The molecular weight excluding hydrogens is 232 g/mol. The fraction of sp³-hybridized carbons (Fsp3) is 0.0769. The quantitative estimate of drug-likeness (QED) is 0.817. The van der Waals surface area contributed by atoms with E-state index < -0.39 is 0 Å². The van der Waals surface area contributed by atoms with E-state index in [1.54, 1.807) is 18.9 Å². The molecule has 4 N–H and O–H groups in total. The van der Waals surface area contributed by atoms with Crippen LogP contribution in [0.15, 0.2) is 52.3 Å². The zero-order chi connectivity index (χ0) is 12.3. The molecule has 0 radical (unpaired) electrons. The van der Waals surface area contributed by atoms with Gasteiger partial charge in [0.25, 0.3) is 0 Å². The van der Waals surface area contributed by atoms with E-state index in [0.29, 0.717) is 5.69 Å². The number of nitrogen functional groups attached to an aromatic ring is 2. The summed E-state index contributed by atoms with van der Waals surface area (Å²) in [6.45, 7) is 0. The first-order chi connectivity index (χ1) is 8.19. The molecule has 0 aliphatic heterocycles. The SMILES string of the molecule is COc1ccc(Sc2ccc(N)cc2)c(N)c1. The molecule has 2 aromatic rings. The summed E-state index contributed by atoms with van der Waals surface area (Å²) in [5, 5.41) is 0. The largest absolute Gasteiger partial charge is 0.497 e. The molecule has 0 saturated heterocycles. The van der Waals surface area contributed by atoms with E-state index in [-0.39, 0.29) is 0 Å². The van der Waals surface area contributed by atoms with Gasteiger partial charge < -0.3 is 16.2 Å². The van der Waals surface area contributed by atoms with E-state index >= 15 is 0 Å². The summed E-state index contributed by atoms with van der Waals surface area (Å²) < 4.78 is 5.11. The van der Waals surface area contributed by atoms with Gasteiger partial charge in [0.1, 0.15) is 5.75 Å². The zero-order valence-corrected chi connectivity index (χ0v) is 10.3. The second-order valence-corrected chi connectivity index (χ2v) is 4.69. The second kappa shape index (κ2) is 5.01. The predicted molar refractivity (Wildman–Crippen MR) is 72.4 cm³/mol. The molecule has 17 heavy (non-hydrogen) atoms. The Labute approximate surface area is 105 Å². The molecule has 0 aromatic heterocycles. The third-order valence-corrected chi connectivity index (χ3v) is 3.42. The lowest BCUT2D eigenvalue weighted by Crippen LogP contribution is -1.90. The summed E-state index contributed by atoms with van der Waals surface area (Å²) in [6, 6.07) is 13.4. The van der Waals surface area contributed by atoms with Gasteiger partial charge in [-0.2, -0.15) is 0 Å². The van der Waals surface area contributed by atoms with E-state index in [0.717, 1.165) is 21.2 Å². The highest BCUT2D eigenvalue weighted by Gasteiger charge is 2.03. The molecule has 0 spiro atoms. The number of ether oxygens (including phenoxy) is 1. The molecule has 0 amide bonds. The predicted octanol–water partition coefficient (Wildman–Crippen LogP) is 3.01. The van der Waals surface area contributed by atoms with Gasteiger partial charge in [0.15, 0.2) is 0 Å². The highest BCUT2D eigenvalue weighted by molar-refractivity contribution is 7.99. The Balaban J connectivity index is 2.21. The molecule has 2 rings (SSSR count). The molecular formula is C13H14N2OS. The maximum atomic E-state index is 5.95. The minimum absolute atomic E-state index is 0.714. The van der Waals surface area contributed by atoms with Crippen LogP contribution in [0.25, 0.3) is 0 Å². The van der Waals surface area contributed by atoms with Crippen LogP contribution in [0.4, 0.5) is 11.4 Å². The van der Waals surface area contributed by atoms with E-state index in [4.69, 9.17) is 16.2 Å². The van der Waals surface area contributed by atoms with Crippen LogP contribution in [0.2, 0.25) is 0 Å². The van der Waals surface area contributed by atoms with Crippen LogP contribution in [0, 0.1) is 0 Å². The summed E-state index contributed by atoms with van der Waals surface area (Å²) in [5.74, 6) is 0.768. The van der Waals surface area contributed by atoms with Gasteiger partial charge in [0.05, 0.1) is 7.11 Å². The first-order valence-electron chi connectivity index (χ1n) is 5.16. The first-order valence-corrected chi connectivity index (χ1v) is 5.97. The summed E-state index contributed by atoms with van der Waals surface area (Å²) in [6.07, 6.45) is 0. The van der Waals surface area contributed by atoms with Gasteiger partial charge >= 0.3 is 0 Å². The number of hydrogen-bond acceptors (Lipinski definition) is 4. The van der Waals surface area contributed by atoms with Gasteiger partial charge in [0.2, 0.25) is 0 Å². The third-order valence-electron chi connectivity index (χ3n) is 2.32. The van der Waals surface area contributed by atoms with Crippen LogP contribution in [-0.2, 0) is 0 Å². The molecule has 4 heteroatoms. The monoisotopic (exact) mass is 246 g/mol. The van der Waals surface area contributed by atoms with E-state index in [1.807, 2.05) is 42.5 Å². The van der Waals surface area contributed by atoms with Gasteiger partial charge in [-0.05, 0) is 36.4 Å². The van der Waals surface area contributed by atoms with Crippen molar-refractivity contribution in [1.82, 2.24) is 0 Å². The molecule has 0 fully saturated rings. The lowest BCUT2D eigenvalue weighted by Gasteiger charge is -2.07. The summed E-state index contributed by atoms with van der Waals surface area (Å²) in [4.78, 5) is 2.12. The minimum Gasteiger partial charge on any atom is -0.497 e. The molecule has 0 unspecified atom stereocenters. The molecule has 0 aliphatic carbocycles. The standard InChI is InChI=1S/C13H14N2OS/c1-16-10-4-7-13(12(15)8-10)17-11-5-2-9(14)3-6-11/h2-8H,14-15H2,1H3. The number of nitrogens with two attached hydrogens (primary N) is 2. The molecule has 0 atom stereocenters. The van der Waals surface area contributed by atoms with Crippen molar-refractivity contribution in [2.24, 2.45) is 0 Å². The van der Waals surface area contributed by atoms with Crippen molar-refractivity contribution in [3.8, 4) is 5.75 Å². The zero-order valence-electron chi connectivity index (χ0n) is 9.51.